The monoisotopic (exact) mass is 379 g/mol. The highest BCUT2D eigenvalue weighted by molar-refractivity contribution is 6.32. The summed E-state index contributed by atoms with van der Waals surface area (Å²) in [5.74, 6) is 0.424. The quantitative estimate of drug-likeness (QED) is 0.694. The van der Waals surface area contributed by atoms with E-state index in [9.17, 15) is 4.79 Å². The topological polar surface area (TPSA) is 99.9 Å². The minimum absolute atomic E-state index is 0.279. The van der Waals surface area contributed by atoms with Crippen LogP contribution in [-0.2, 0) is 0 Å². The van der Waals surface area contributed by atoms with Gasteiger partial charge in [-0.2, -0.15) is 5.26 Å². The summed E-state index contributed by atoms with van der Waals surface area (Å²) < 4.78 is 5.08. The molecule has 8 heteroatoms. The fourth-order valence-electron chi connectivity index (χ4n) is 2.27. The number of rotatable bonds is 5. The van der Waals surface area contributed by atoms with Crippen LogP contribution in [-0.4, -0.2) is 23.0 Å². The Morgan fingerprint density at radius 1 is 1.19 bits per heavy atom. The Morgan fingerprint density at radius 3 is 2.59 bits per heavy atom. The lowest BCUT2D eigenvalue weighted by atomic mass is 10.2. The number of aromatic nitrogens is 2. The fraction of sp³-hybridized carbons (Fsp3) is 0.0526. The number of carbonyl (C=O) groups excluding carboxylic acids is 1. The van der Waals surface area contributed by atoms with Gasteiger partial charge in [0, 0.05) is 18.1 Å². The van der Waals surface area contributed by atoms with Gasteiger partial charge in [0.05, 0.1) is 28.9 Å². The van der Waals surface area contributed by atoms with E-state index in [4.69, 9.17) is 21.6 Å². The third-order valence-corrected chi connectivity index (χ3v) is 3.91. The molecule has 134 valence electrons. The lowest BCUT2D eigenvalue weighted by Gasteiger charge is -2.09. The van der Waals surface area contributed by atoms with Gasteiger partial charge in [-0.1, -0.05) is 23.7 Å². The lowest BCUT2D eigenvalue weighted by molar-refractivity contribution is 0.102. The summed E-state index contributed by atoms with van der Waals surface area (Å²) in [7, 11) is 1.52. The molecule has 0 aliphatic heterocycles. The first kappa shape index (κ1) is 18.2. The minimum Gasteiger partial charge on any atom is -0.495 e. The number of amides is 1. The third kappa shape index (κ3) is 4.32. The second-order valence-corrected chi connectivity index (χ2v) is 5.79. The number of hydrogen-bond donors (Lipinski definition) is 2. The number of nitriles is 1. The maximum atomic E-state index is 12.3. The molecule has 0 fully saturated rings. The van der Waals surface area contributed by atoms with E-state index < -0.39 is 0 Å². The SMILES string of the molecule is COc1ccc(NC(=O)c2cnc(Nc3ccccc3C#N)nc2)cc1Cl. The summed E-state index contributed by atoms with van der Waals surface area (Å²) in [6, 6.07) is 14.0. The molecule has 0 unspecified atom stereocenters. The van der Waals surface area contributed by atoms with Gasteiger partial charge < -0.3 is 15.4 Å². The molecule has 0 aliphatic rings. The molecule has 1 heterocycles. The van der Waals surface area contributed by atoms with Crippen molar-refractivity contribution in [3.8, 4) is 11.8 Å². The van der Waals surface area contributed by atoms with E-state index in [1.54, 1.807) is 42.5 Å². The van der Waals surface area contributed by atoms with Crippen molar-refractivity contribution in [2.45, 2.75) is 0 Å². The van der Waals surface area contributed by atoms with Crippen molar-refractivity contribution < 1.29 is 9.53 Å². The van der Waals surface area contributed by atoms with E-state index >= 15 is 0 Å². The summed E-state index contributed by atoms with van der Waals surface area (Å²) in [4.78, 5) is 20.6. The largest absolute Gasteiger partial charge is 0.495 e. The number of nitrogens with one attached hydrogen (secondary N) is 2. The number of halogens is 1. The van der Waals surface area contributed by atoms with Crippen molar-refractivity contribution >= 4 is 34.8 Å². The summed E-state index contributed by atoms with van der Waals surface area (Å²) in [6.45, 7) is 0. The Balaban J connectivity index is 1.70. The number of benzene rings is 2. The number of hydrogen-bond acceptors (Lipinski definition) is 6. The molecule has 3 rings (SSSR count). The van der Waals surface area contributed by atoms with Gasteiger partial charge >= 0.3 is 0 Å². The van der Waals surface area contributed by atoms with Crippen LogP contribution >= 0.6 is 11.6 Å². The van der Waals surface area contributed by atoms with Gasteiger partial charge in [0.1, 0.15) is 11.8 Å². The maximum Gasteiger partial charge on any atom is 0.258 e. The van der Waals surface area contributed by atoms with E-state index in [-0.39, 0.29) is 17.4 Å². The Kier molecular flexibility index (Phi) is 5.50. The second-order valence-electron chi connectivity index (χ2n) is 5.38. The van der Waals surface area contributed by atoms with E-state index in [2.05, 4.69) is 26.7 Å². The maximum absolute atomic E-state index is 12.3. The average molecular weight is 380 g/mol. The Labute approximate surface area is 160 Å². The molecule has 1 aromatic heterocycles. The van der Waals surface area contributed by atoms with Gasteiger partial charge in [-0.05, 0) is 30.3 Å². The van der Waals surface area contributed by atoms with Gasteiger partial charge in [0.2, 0.25) is 5.95 Å². The van der Waals surface area contributed by atoms with Crippen LogP contribution in [0.3, 0.4) is 0 Å². The molecule has 1 amide bonds. The van der Waals surface area contributed by atoms with Gasteiger partial charge in [-0.3, -0.25) is 4.79 Å². The molecule has 0 radical (unpaired) electrons. The van der Waals surface area contributed by atoms with E-state index in [0.29, 0.717) is 27.7 Å². The third-order valence-electron chi connectivity index (χ3n) is 3.62. The zero-order valence-electron chi connectivity index (χ0n) is 14.2. The van der Waals surface area contributed by atoms with Crippen LogP contribution in [0.2, 0.25) is 5.02 Å². The number of para-hydroxylation sites is 1. The molecular formula is C19H14ClN5O2. The first-order valence-electron chi connectivity index (χ1n) is 7.84. The number of nitrogens with zero attached hydrogens (tertiary/aromatic N) is 3. The standard InChI is InChI=1S/C19H14ClN5O2/c1-27-17-7-6-14(8-15(17)20)24-18(26)13-10-22-19(23-11-13)25-16-5-3-2-4-12(16)9-21/h2-8,10-11H,1H3,(H,24,26)(H,22,23,25). The molecule has 0 aliphatic carbocycles. The van der Waals surface area contributed by atoms with Crippen molar-refractivity contribution in [1.82, 2.24) is 9.97 Å². The van der Waals surface area contributed by atoms with Crippen LogP contribution < -0.4 is 15.4 Å². The first-order valence-corrected chi connectivity index (χ1v) is 8.21. The fourth-order valence-corrected chi connectivity index (χ4v) is 2.53. The van der Waals surface area contributed by atoms with Gasteiger partial charge in [0.25, 0.3) is 5.91 Å². The normalized spacial score (nSPS) is 9.96. The highest BCUT2D eigenvalue weighted by Gasteiger charge is 2.10. The van der Waals surface area contributed by atoms with Crippen molar-refractivity contribution in [2.75, 3.05) is 17.7 Å². The predicted molar refractivity (Wildman–Crippen MR) is 102 cm³/mol. The molecule has 2 N–H and O–H groups in total. The molecule has 27 heavy (non-hydrogen) atoms. The zero-order chi connectivity index (χ0) is 19.2. The molecule has 0 bridgehead atoms. The number of carbonyl (C=O) groups is 1. The van der Waals surface area contributed by atoms with Crippen molar-refractivity contribution in [3.05, 3.63) is 71.0 Å². The van der Waals surface area contributed by atoms with Crippen LogP contribution in [0.15, 0.2) is 54.9 Å². The molecule has 7 nitrogen and oxygen atoms in total. The van der Waals surface area contributed by atoms with Crippen LogP contribution in [0.1, 0.15) is 15.9 Å². The average Bonchev–Trinajstić information content (AvgIpc) is 2.69. The molecule has 0 atom stereocenters. The Bertz CT molecular complexity index is 1020. The lowest BCUT2D eigenvalue weighted by Crippen LogP contribution is -2.13. The van der Waals surface area contributed by atoms with E-state index in [1.165, 1.54) is 19.5 Å². The number of ether oxygens (including phenoxy) is 1. The Morgan fingerprint density at radius 2 is 1.93 bits per heavy atom. The first-order chi connectivity index (χ1) is 13.1. The summed E-state index contributed by atoms with van der Waals surface area (Å²) >= 11 is 6.05. The van der Waals surface area contributed by atoms with Crippen LogP contribution in [0.4, 0.5) is 17.3 Å². The smallest absolute Gasteiger partial charge is 0.258 e. The second kappa shape index (κ2) is 8.17. The molecule has 0 saturated heterocycles. The van der Waals surface area contributed by atoms with Crippen molar-refractivity contribution in [2.24, 2.45) is 0 Å². The van der Waals surface area contributed by atoms with Gasteiger partial charge in [-0.15, -0.1) is 0 Å². The highest BCUT2D eigenvalue weighted by atomic mass is 35.5. The van der Waals surface area contributed by atoms with Crippen molar-refractivity contribution in [3.63, 3.8) is 0 Å². The highest BCUT2D eigenvalue weighted by Crippen LogP contribution is 2.27. The predicted octanol–water partition coefficient (Wildman–Crippen LogP) is 4.01. The molecule has 2 aromatic carbocycles. The van der Waals surface area contributed by atoms with Crippen LogP contribution in [0.5, 0.6) is 5.75 Å². The summed E-state index contributed by atoms with van der Waals surface area (Å²) in [5.41, 5.74) is 1.86. The number of methoxy groups -OCH3 is 1. The van der Waals surface area contributed by atoms with E-state index in [1.807, 2.05) is 0 Å². The molecular weight excluding hydrogens is 366 g/mol. The minimum atomic E-state index is -0.375. The molecule has 0 spiro atoms. The summed E-state index contributed by atoms with van der Waals surface area (Å²) in [5, 5.41) is 15.2. The van der Waals surface area contributed by atoms with Crippen LogP contribution in [0, 0.1) is 11.3 Å². The van der Waals surface area contributed by atoms with Gasteiger partial charge in [-0.25, -0.2) is 9.97 Å². The van der Waals surface area contributed by atoms with Gasteiger partial charge in [0.15, 0.2) is 0 Å². The Hall–Kier alpha value is -3.63. The molecule has 3 aromatic rings. The zero-order valence-corrected chi connectivity index (χ0v) is 15.0. The van der Waals surface area contributed by atoms with Crippen molar-refractivity contribution in [1.29, 1.82) is 5.26 Å². The molecule has 0 saturated carbocycles. The summed E-state index contributed by atoms with van der Waals surface area (Å²) in [6.07, 6.45) is 2.79. The van der Waals surface area contributed by atoms with E-state index in [0.717, 1.165) is 0 Å². The van der Waals surface area contributed by atoms with Crippen LogP contribution in [0.25, 0.3) is 0 Å². The number of anilines is 3.